The molecule has 1 N–H and O–H groups in total. The van der Waals surface area contributed by atoms with E-state index >= 15 is 0 Å². The van der Waals surface area contributed by atoms with Crippen molar-refractivity contribution in [3.63, 3.8) is 0 Å². The molecule has 2 heterocycles. The molecule has 0 spiro atoms. The van der Waals surface area contributed by atoms with Crippen molar-refractivity contribution in [2.45, 2.75) is 0 Å². The van der Waals surface area contributed by atoms with E-state index in [4.69, 9.17) is 4.42 Å². The topological polar surface area (TPSA) is 36.6 Å². The predicted octanol–water partition coefficient (Wildman–Crippen LogP) is 19.3. The number of furan rings is 1. The summed E-state index contributed by atoms with van der Waals surface area (Å²) in [7, 11) is 2.21. The van der Waals surface area contributed by atoms with Crippen LogP contribution >= 0.6 is 0 Å². The standard InChI is InChI=1S/C69H48N4O/c1-71(56-19-8-3-9-20-56)68-62(38-39-64-63-36-32-51-42-55(70-54-17-6-2-7-18-54)33-37-61(51)67(63)73(69(64)68)58-23-12-5-13-24-58)50-28-26-48-43-59(34-30-46(48)40-50)72(57-21-10-4-11-22-57)60-35-31-47-41-53(29-27-49(47)44-60)66-45-52-16-14-15-25-65(52)74-66/h2-45,70H,1H3. The molecule has 0 saturated heterocycles. The third-order valence-corrected chi connectivity index (χ3v) is 14.6. The van der Waals surface area contributed by atoms with Crippen molar-refractivity contribution in [2.75, 3.05) is 22.2 Å². The summed E-state index contributed by atoms with van der Waals surface area (Å²) in [6.45, 7) is 0. The molecule has 5 heteroatoms. The average Bonchev–Trinajstić information content (AvgIpc) is 4.06. The first-order chi connectivity index (χ1) is 36.6. The molecule has 0 aliphatic heterocycles. The summed E-state index contributed by atoms with van der Waals surface area (Å²) in [5, 5.41) is 14.1. The highest BCUT2D eigenvalue weighted by atomic mass is 16.3. The maximum absolute atomic E-state index is 6.25. The van der Waals surface area contributed by atoms with E-state index in [9.17, 15) is 0 Å². The van der Waals surface area contributed by atoms with Crippen LogP contribution < -0.4 is 15.1 Å². The summed E-state index contributed by atoms with van der Waals surface area (Å²) in [5.74, 6) is 0.873. The summed E-state index contributed by atoms with van der Waals surface area (Å²) >= 11 is 0. The number of nitrogens with one attached hydrogen (secondary N) is 1. The maximum atomic E-state index is 6.25. The smallest absolute Gasteiger partial charge is 0.135 e. The quantitative estimate of drug-likeness (QED) is 0.148. The minimum absolute atomic E-state index is 0.873. The van der Waals surface area contributed by atoms with Gasteiger partial charge in [0.1, 0.15) is 11.3 Å². The van der Waals surface area contributed by atoms with E-state index in [1.54, 1.807) is 0 Å². The Kier molecular flexibility index (Phi) is 10.3. The van der Waals surface area contributed by atoms with Gasteiger partial charge in [0.25, 0.3) is 0 Å². The van der Waals surface area contributed by atoms with Crippen LogP contribution in [0, 0.1) is 0 Å². The molecule has 0 unspecified atom stereocenters. The highest BCUT2D eigenvalue weighted by molar-refractivity contribution is 6.23. The van der Waals surface area contributed by atoms with Crippen LogP contribution in [0.4, 0.5) is 39.8 Å². The molecule has 0 radical (unpaired) electrons. The molecule has 0 atom stereocenters. The SMILES string of the molecule is CN(c1ccccc1)c1c(-c2ccc3cc(N(c4ccccc4)c4ccc5cc(-c6cc7ccccc7o6)ccc5c4)ccc3c2)ccc2c3ccc4cc(Nc5ccccc5)ccc4c3n(-c3ccccc3)c12. The van der Waals surface area contributed by atoms with Gasteiger partial charge < -0.3 is 24.1 Å². The highest BCUT2D eigenvalue weighted by Crippen LogP contribution is 2.48. The molecular formula is C69H48N4O. The van der Waals surface area contributed by atoms with Crippen LogP contribution in [-0.2, 0) is 0 Å². The summed E-state index contributed by atoms with van der Waals surface area (Å²) in [4.78, 5) is 4.72. The third-order valence-electron chi connectivity index (χ3n) is 14.6. The normalized spacial score (nSPS) is 11.6. The van der Waals surface area contributed by atoms with Crippen LogP contribution in [0.15, 0.2) is 271 Å². The van der Waals surface area contributed by atoms with Crippen molar-refractivity contribution in [3.05, 3.63) is 267 Å². The van der Waals surface area contributed by atoms with Crippen LogP contribution in [0.25, 0.3) is 93.2 Å². The van der Waals surface area contributed by atoms with Gasteiger partial charge in [-0.1, -0.05) is 158 Å². The lowest BCUT2D eigenvalue weighted by atomic mass is 9.96. The van der Waals surface area contributed by atoms with E-state index in [-0.39, 0.29) is 0 Å². The van der Waals surface area contributed by atoms with Crippen LogP contribution in [0.1, 0.15) is 0 Å². The Morgan fingerprint density at radius 2 is 0.919 bits per heavy atom. The first kappa shape index (κ1) is 43.0. The minimum Gasteiger partial charge on any atom is -0.456 e. The number of rotatable bonds is 10. The van der Waals surface area contributed by atoms with Gasteiger partial charge in [-0.15, -0.1) is 0 Å². The first-order valence-electron chi connectivity index (χ1n) is 25.2. The van der Waals surface area contributed by atoms with E-state index in [0.29, 0.717) is 0 Å². The molecule has 0 fully saturated rings. The second-order valence-corrected chi connectivity index (χ2v) is 19.1. The lowest BCUT2D eigenvalue weighted by molar-refractivity contribution is 0.631. The fourth-order valence-electron chi connectivity index (χ4n) is 11.1. The average molecular weight is 949 g/mol. The molecule has 0 amide bonds. The zero-order chi connectivity index (χ0) is 49.1. The van der Waals surface area contributed by atoms with Gasteiger partial charge in [0.05, 0.1) is 16.7 Å². The molecule has 0 aliphatic carbocycles. The van der Waals surface area contributed by atoms with Crippen molar-refractivity contribution in [2.24, 2.45) is 0 Å². The van der Waals surface area contributed by atoms with Gasteiger partial charge in [-0.05, 0) is 142 Å². The number of nitrogens with zero attached hydrogens (tertiary/aromatic N) is 3. The molecule has 74 heavy (non-hydrogen) atoms. The lowest BCUT2D eigenvalue weighted by Crippen LogP contribution is -2.12. The van der Waals surface area contributed by atoms with Crippen LogP contribution in [-0.4, -0.2) is 11.6 Å². The minimum atomic E-state index is 0.873. The molecule has 0 aliphatic rings. The predicted molar refractivity (Wildman–Crippen MR) is 313 cm³/mol. The molecular weight excluding hydrogens is 901 g/mol. The zero-order valence-corrected chi connectivity index (χ0v) is 40.7. The number of para-hydroxylation sites is 5. The number of benzene rings is 12. The van der Waals surface area contributed by atoms with E-state index in [1.165, 1.54) is 32.4 Å². The monoisotopic (exact) mass is 948 g/mol. The summed E-state index contributed by atoms with van der Waals surface area (Å²) in [5.41, 5.74) is 15.3. The first-order valence-corrected chi connectivity index (χ1v) is 25.2. The van der Waals surface area contributed by atoms with Crippen molar-refractivity contribution in [3.8, 4) is 28.1 Å². The lowest BCUT2D eigenvalue weighted by Gasteiger charge is -2.26. The van der Waals surface area contributed by atoms with E-state index in [0.717, 1.165) is 101 Å². The van der Waals surface area contributed by atoms with Crippen LogP contribution in [0.3, 0.4) is 0 Å². The van der Waals surface area contributed by atoms with Crippen molar-refractivity contribution >= 4 is 105 Å². The Balaban J connectivity index is 0.900. The Hall–Kier alpha value is -9.84. The van der Waals surface area contributed by atoms with Gasteiger partial charge in [-0.3, -0.25) is 0 Å². The Bertz CT molecular complexity index is 4380. The van der Waals surface area contributed by atoms with E-state index in [1.807, 2.05) is 24.3 Å². The van der Waals surface area contributed by atoms with Crippen LogP contribution in [0.5, 0.6) is 0 Å². The number of hydrogen-bond acceptors (Lipinski definition) is 4. The van der Waals surface area contributed by atoms with E-state index < -0.39 is 0 Å². The zero-order valence-electron chi connectivity index (χ0n) is 40.7. The Morgan fingerprint density at radius 1 is 0.365 bits per heavy atom. The van der Waals surface area contributed by atoms with Crippen molar-refractivity contribution < 1.29 is 4.42 Å². The second-order valence-electron chi connectivity index (χ2n) is 19.1. The highest BCUT2D eigenvalue weighted by Gasteiger charge is 2.24. The summed E-state index contributed by atoms with van der Waals surface area (Å²) < 4.78 is 8.74. The maximum Gasteiger partial charge on any atom is 0.135 e. The molecule has 350 valence electrons. The Morgan fingerprint density at radius 3 is 1.64 bits per heavy atom. The van der Waals surface area contributed by atoms with Crippen molar-refractivity contribution in [1.29, 1.82) is 0 Å². The third kappa shape index (κ3) is 7.49. The molecule has 0 bridgehead atoms. The second kappa shape index (κ2) is 17.8. The summed E-state index contributed by atoms with van der Waals surface area (Å²) in [6.07, 6.45) is 0. The molecule has 14 rings (SSSR count). The summed E-state index contributed by atoms with van der Waals surface area (Å²) in [6, 6.07) is 96.0. The van der Waals surface area contributed by atoms with E-state index in [2.05, 4.69) is 269 Å². The van der Waals surface area contributed by atoms with Gasteiger partial charge >= 0.3 is 0 Å². The molecule has 12 aromatic carbocycles. The number of hydrogen-bond donors (Lipinski definition) is 1. The van der Waals surface area contributed by atoms with Gasteiger partial charge in [-0.2, -0.15) is 0 Å². The fraction of sp³-hybridized carbons (Fsp3) is 0.0145. The molecule has 0 saturated carbocycles. The van der Waals surface area contributed by atoms with Gasteiger partial charge in [-0.25, -0.2) is 0 Å². The largest absolute Gasteiger partial charge is 0.456 e. The fourth-order valence-corrected chi connectivity index (χ4v) is 11.1. The van der Waals surface area contributed by atoms with Crippen LogP contribution in [0.2, 0.25) is 0 Å². The number of anilines is 7. The number of fused-ring (bicyclic) bond motifs is 8. The number of aromatic nitrogens is 1. The van der Waals surface area contributed by atoms with Crippen molar-refractivity contribution in [1.82, 2.24) is 4.57 Å². The van der Waals surface area contributed by atoms with Gasteiger partial charge in [0, 0.05) is 79.5 Å². The molecule has 2 aromatic heterocycles. The Labute approximate surface area is 429 Å². The van der Waals surface area contributed by atoms with Gasteiger partial charge in [0.2, 0.25) is 0 Å². The van der Waals surface area contributed by atoms with Gasteiger partial charge in [0.15, 0.2) is 0 Å². The molecule has 5 nitrogen and oxygen atoms in total. The molecule has 14 aromatic rings.